The highest BCUT2D eigenvalue weighted by atomic mass is 32.1. The van der Waals surface area contributed by atoms with E-state index in [-0.39, 0.29) is 5.41 Å². The van der Waals surface area contributed by atoms with Gasteiger partial charge in [0.05, 0.1) is 22.1 Å². The van der Waals surface area contributed by atoms with Crippen LogP contribution in [0.5, 0.6) is 0 Å². The molecular formula is C46H34N2S. The van der Waals surface area contributed by atoms with Crippen LogP contribution in [-0.2, 0) is 5.41 Å². The molecule has 0 atom stereocenters. The Balaban J connectivity index is 1.05. The summed E-state index contributed by atoms with van der Waals surface area (Å²) in [6.45, 7) is 6.85. The highest BCUT2D eigenvalue weighted by Gasteiger charge is 2.19. The van der Waals surface area contributed by atoms with Crippen molar-refractivity contribution in [2.45, 2.75) is 26.2 Å². The topological polar surface area (TPSA) is 9.86 Å². The fraction of sp³-hybridized carbons (Fsp3) is 0.0870. The van der Waals surface area contributed by atoms with Crippen LogP contribution in [0.2, 0.25) is 0 Å². The van der Waals surface area contributed by atoms with Gasteiger partial charge in [0.1, 0.15) is 0 Å². The molecule has 10 rings (SSSR count). The van der Waals surface area contributed by atoms with E-state index in [9.17, 15) is 0 Å². The minimum Gasteiger partial charge on any atom is -0.309 e. The maximum atomic E-state index is 2.43. The van der Waals surface area contributed by atoms with E-state index in [0.29, 0.717) is 0 Å². The van der Waals surface area contributed by atoms with Gasteiger partial charge in [0.15, 0.2) is 0 Å². The number of aromatic nitrogens is 2. The first-order chi connectivity index (χ1) is 23.9. The fourth-order valence-corrected chi connectivity index (χ4v) is 9.10. The monoisotopic (exact) mass is 646 g/mol. The summed E-state index contributed by atoms with van der Waals surface area (Å²) in [5, 5.41) is 7.92. The lowest BCUT2D eigenvalue weighted by Crippen LogP contribution is -2.10. The van der Waals surface area contributed by atoms with Gasteiger partial charge < -0.3 is 9.13 Å². The van der Waals surface area contributed by atoms with E-state index in [1.54, 1.807) is 0 Å². The van der Waals surface area contributed by atoms with E-state index >= 15 is 0 Å². The average Bonchev–Trinajstić information content (AvgIpc) is 3.79. The Morgan fingerprint density at radius 1 is 0.429 bits per heavy atom. The van der Waals surface area contributed by atoms with Gasteiger partial charge >= 0.3 is 0 Å². The second-order valence-electron chi connectivity index (χ2n) is 14.2. The Morgan fingerprint density at radius 3 is 1.63 bits per heavy atom. The van der Waals surface area contributed by atoms with E-state index in [1.807, 2.05) is 11.3 Å². The van der Waals surface area contributed by atoms with E-state index in [1.165, 1.54) is 91.8 Å². The van der Waals surface area contributed by atoms with Gasteiger partial charge in [-0.25, -0.2) is 0 Å². The van der Waals surface area contributed by atoms with Crippen LogP contribution in [-0.4, -0.2) is 9.13 Å². The van der Waals surface area contributed by atoms with Crippen LogP contribution in [0.4, 0.5) is 0 Å². The molecule has 49 heavy (non-hydrogen) atoms. The number of nitrogens with zero attached hydrogens (tertiary/aromatic N) is 2. The molecule has 7 aromatic carbocycles. The molecule has 0 amide bonds. The molecular weight excluding hydrogens is 613 g/mol. The minimum absolute atomic E-state index is 0.0990. The van der Waals surface area contributed by atoms with Gasteiger partial charge in [0.25, 0.3) is 0 Å². The molecule has 0 saturated carbocycles. The highest BCUT2D eigenvalue weighted by molar-refractivity contribution is 7.26. The maximum Gasteiger partial charge on any atom is 0.0555 e. The molecule has 2 nitrogen and oxygen atoms in total. The van der Waals surface area contributed by atoms with Crippen molar-refractivity contribution in [1.82, 2.24) is 9.13 Å². The zero-order valence-corrected chi connectivity index (χ0v) is 28.6. The Hall–Kier alpha value is -5.64. The van der Waals surface area contributed by atoms with Gasteiger partial charge in [-0.05, 0) is 82.8 Å². The van der Waals surface area contributed by atoms with Gasteiger partial charge in [-0.2, -0.15) is 0 Å². The molecule has 0 radical (unpaired) electrons. The average molecular weight is 647 g/mol. The second-order valence-corrected chi connectivity index (χ2v) is 15.3. The normalized spacial score (nSPS) is 12.4. The third-order valence-electron chi connectivity index (χ3n) is 10.3. The SMILES string of the molecule is CC(C)(C)c1ccc2c(c1)c1ccccc1n2-c1ccc(-c2ccc(-n3c4ccccc4c4c5sc6ccccc6c5ccc43)cc2)cc1. The summed E-state index contributed by atoms with van der Waals surface area (Å²) in [7, 11) is 0. The molecule has 0 saturated heterocycles. The second kappa shape index (κ2) is 10.4. The van der Waals surface area contributed by atoms with Crippen LogP contribution in [0.15, 0.2) is 152 Å². The lowest BCUT2D eigenvalue weighted by atomic mass is 9.86. The zero-order valence-electron chi connectivity index (χ0n) is 27.7. The zero-order chi connectivity index (χ0) is 32.9. The summed E-state index contributed by atoms with van der Waals surface area (Å²) in [5.74, 6) is 0. The van der Waals surface area contributed by atoms with Gasteiger partial charge in [0.2, 0.25) is 0 Å². The van der Waals surface area contributed by atoms with Crippen molar-refractivity contribution in [3.05, 3.63) is 157 Å². The molecule has 3 heterocycles. The van der Waals surface area contributed by atoms with E-state index in [2.05, 4.69) is 182 Å². The maximum absolute atomic E-state index is 2.43. The number of hydrogen-bond acceptors (Lipinski definition) is 1. The van der Waals surface area contributed by atoms with Crippen molar-refractivity contribution >= 4 is 75.1 Å². The van der Waals surface area contributed by atoms with Crippen LogP contribution in [0.25, 0.3) is 86.3 Å². The molecule has 0 aliphatic carbocycles. The van der Waals surface area contributed by atoms with Gasteiger partial charge in [-0.1, -0.05) is 112 Å². The number of rotatable bonds is 3. The number of benzene rings is 7. The molecule has 0 unspecified atom stereocenters. The van der Waals surface area contributed by atoms with Crippen molar-refractivity contribution in [2.24, 2.45) is 0 Å². The minimum atomic E-state index is 0.0990. The smallest absolute Gasteiger partial charge is 0.0555 e. The van der Waals surface area contributed by atoms with Crippen LogP contribution < -0.4 is 0 Å². The molecule has 0 spiro atoms. The summed E-state index contributed by atoms with van der Waals surface area (Å²) in [5.41, 5.74) is 11.2. The molecule has 0 aliphatic heterocycles. The molecule has 0 fully saturated rings. The Bertz CT molecular complexity index is 2890. The lowest BCUT2D eigenvalue weighted by Gasteiger charge is -2.19. The van der Waals surface area contributed by atoms with Crippen molar-refractivity contribution in [3.8, 4) is 22.5 Å². The Kier molecular flexibility index (Phi) is 6.04. The molecule has 0 N–H and O–H groups in total. The molecule has 10 aromatic rings. The highest BCUT2D eigenvalue weighted by Crippen LogP contribution is 2.43. The summed E-state index contributed by atoms with van der Waals surface area (Å²) in [6, 6.07) is 56.0. The van der Waals surface area contributed by atoms with Gasteiger partial charge in [0, 0.05) is 53.1 Å². The molecule has 3 aromatic heterocycles. The number of fused-ring (bicyclic) bond motifs is 10. The largest absolute Gasteiger partial charge is 0.309 e. The first kappa shape index (κ1) is 28.4. The van der Waals surface area contributed by atoms with Gasteiger partial charge in [-0.15, -0.1) is 11.3 Å². The van der Waals surface area contributed by atoms with Crippen molar-refractivity contribution in [2.75, 3.05) is 0 Å². The standard InChI is InChI=1S/C46H34N2S/c1-46(2,3)31-20-26-41-38(28-31)34-10-4-7-13-39(34)47(41)32-21-16-29(17-22-32)30-18-23-33(24-19-30)48-40-14-8-5-12-37(40)44-42(48)27-25-36-35-11-6-9-15-43(35)49-45(36)44/h4-28H,1-3H3. The molecule has 3 heteroatoms. The third-order valence-corrected chi connectivity index (χ3v) is 11.5. The van der Waals surface area contributed by atoms with Gasteiger partial charge in [-0.3, -0.25) is 0 Å². The summed E-state index contributed by atoms with van der Waals surface area (Å²) in [4.78, 5) is 0. The number of thiophene rings is 1. The summed E-state index contributed by atoms with van der Waals surface area (Å²) in [6.07, 6.45) is 0. The quantitative estimate of drug-likeness (QED) is 0.181. The van der Waals surface area contributed by atoms with E-state index in [0.717, 1.165) is 0 Å². The summed E-state index contributed by atoms with van der Waals surface area (Å²) < 4.78 is 7.53. The van der Waals surface area contributed by atoms with Crippen LogP contribution in [0, 0.1) is 0 Å². The van der Waals surface area contributed by atoms with E-state index < -0.39 is 0 Å². The predicted octanol–water partition coefficient (Wildman–Crippen LogP) is 13.2. The Labute approximate surface area is 289 Å². The van der Waals surface area contributed by atoms with Crippen molar-refractivity contribution in [1.29, 1.82) is 0 Å². The van der Waals surface area contributed by atoms with Crippen LogP contribution >= 0.6 is 11.3 Å². The lowest BCUT2D eigenvalue weighted by molar-refractivity contribution is 0.591. The molecule has 234 valence electrons. The third kappa shape index (κ3) is 4.25. The summed E-state index contributed by atoms with van der Waals surface area (Å²) >= 11 is 1.90. The molecule has 0 aliphatic rings. The number of para-hydroxylation sites is 2. The predicted molar refractivity (Wildman–Crippen MR) is 212 cm³/mol. The van der Waals surface area contributed by atoms with Crippen molar-refractivity contribution < 1.29 is 0 Å². The number of hydrogen-bond donors (Lipinski definition) is 0. The molecule has 0 bridgehead atoms. The van der Waals surface area contributed by atoms with Crippen LogP contribution in [0.3, 0.4) is 0 Å². The first-order valence-electron chi connectivity index (χ1n) is 17.0. The van der Waals surface area contributed by atoms with Crippen LogP contribution in [0.1, 0.15) is 26.3 Å². The Morgan fingerprint density at radius 2 is 0.959 bits per heavy atom. The van der Waals surface area contributed by atoms with E-state index in [4.69, 9.17) is 0 Å². The van der Waals surface area contributed by atoms with Crippen molar-refractivity contribution in [3.63, 3.8) is 0 Å². The fourth-order valence-electron chi connectivity index (χ4n) is 7.84. The first-order valence-corrected chi connectivity index (χ1v) is 17.8.